The van der Waals surface area contributed by atoms with Crippen molar-refractivity contribution in [3.63, 3.8) is 0 Å². The zero-order valence-corrected chi connectivity index (χ0v) is 13.0. The van der Waals surface area contributed by atoms with Crippen molar-refractivity contribution < 1.29 is 19.4 Å². The molecule has 0 aliphatic rings. The van der Waals surface area contributed by atoms with Crippen LogP contribution in [0, 0.1) is 0 Å². The zero-order chi connectivity index (χ0) is 16.0. The number of carboxylic acids is 1. The summed E-state index contributed by atoms with van der Waals surface area (Å²) in [4.78, 5) is 25.0. The standard InChI is InChI=1S/C16H23NO4/c1-5-10-17(11-14(18)19)15(20)16(2,3)12-6-8-13(21-4)9-7-12/h6-9H,5,10-11H2,1-4H3,(H,18,19). The Morgan fingerprint density at radius 1 is 1.24 bits per heavy atom. The van der Waals surface area contributed by atoms with Crippen LogP contribution in [0.4, 0.5) is 0 Å². The lowest BCUT2D eigenvalue weighted by molar-refractivity contribution is -0.146. The van der Waals surface area contributed by atoms with E-state index in [2.05, 4.69) is 0 Å². The van der Waals surface area contributed by atoms with Crippen LogP contribution in [-0.4, -0.2) is 42.1 Å². The van der Waals surface area contributed by atoms with Crippen molar-refractivity contribution in [1.82, 2.24) is 4.90 Å². The molecule has 1 rings (SSSR count). The lowest BCUT2D eigenvalue weighted by atomic mass is 9.83. The normalized spacial score (nSPS) is 11.0. The molecule has 21 heavy (non-hydrogen) atoms. The van der Waals surface area contributed by atoms with Gasteiger partial charge in [-0.05, 0) is 38.0 Å². The number of hydrogen-bond acceptors (Lipinski definition) is 3. The number of nitrogens with zero attached hydrogens (tertiary/aromatic N) is 1. The van der Waals surface area contributed by atoms with Crippen molar-refractivity contribution >= 4 is 11.9 Å². The molecule has 0 spiro atoms. The highest BCUT2D eigenvalue weighted by Gasteiger charge is 2.34. The van der Waals surface area contributed by atoms with E-state index in [0.717, 1.165) is 17.7 Å². The third kappa shape index (κ3) is 4.21. The van der Waals surface area contributed by atoms with Crippen molar-refractivity contribution in [1.29, 1.82) is 0 Å². The number of benzene rings is 1. The van der Waals surface area contributed by atoms with Gasteiger partial charge in [0, 0.05) is 6.54 Å². The molecular formula is C16H23NO4. The van der Waals surface area contributed by atoms with E-state index in [1.807, 2.05) is 32.9 Å². The number of rotatable bonds is 7. The Bertz CT molecular complexity index is 494. The number of amides is 1. The molecule has 1 amide bonds. The van der Waals surface area contributed by atoms with Gasteiger partial charge in [-0.1, -0.05) is 19.1 Å². The van der Waals surface area contributed by atoms with E-state index < -0.39 is 11.4 Å². The quantitative estimate of drug-likeness (QED) is 0.837. The van der Waals surface area contributed by atoms with Gasteiger partial charge in [0.1, 0.15) is 12.3 Å². The van der Waals surface area contributed by atoms with Gasteiger partial charge in [0.05, 0.1) is 12.5 Å². The summed E-state index contributed by atoms with van der Waals surface area (Å²) in [5.41, 5.74) is 0.0523. The minimum Gasteiger partial charge on any atom is -0.497 e. The molecule has 0 unspecified atom stereocenters. The minimum atomic E-state index is -0.998. The van der Waals surface area contributed by atoms with Crippen LogP contribution in [0.2, 0.25) is 0 Å². The van der Waals surface area contributed by atoms with Crippen LogP contribution in [0.5, 0.6) is 5.75 Å². The molecule has 0 aliphatic heterocycles. The fourth-order valence-corrected chi connectivity index (χ4v) is 2.21. The second-order valence-electron chi connectivity index (χ2n) is 5.47. The molecule has 116 valence electrons. The number of carbonyl (C=O) groups is 2. The molecule has 0 atom stereocenters. The number of ether oxygens (including phenoxy) is 1. The molecule has 0 bridgehead atoms. The predicted molar refractivity (Wildman–Crippen MR) is 80.5 cm³/mol. The maximum absolute atomic E-state index is 12.7. The summed E-state index contributed by atoms with van der Waals surface area (Å²) in [5.74, 6) is -0.461. The highest BCUT2D eigenvalue weighted by Crippen LogP contribution is 2.27. The Morgan fingerprint density at radius 3 is 2.24 bits per heavy atom. The first-order chi connectivity index (χ1) is 9.82. The van der Waals surface area contributed by atoms with E-state index >= 15 is 0 Å². The molecule has 1 aromatic carbocycles. The number of hydrogen-bond donors (Lipinski definition) is 1. The third-order valence-electron chi connectivity index (χ3n) is 3.45. The lowest BCUT2D eigenvalue weighted by Gasteiger charge is -2.31. The molecule has 0 aliphatic carbocycles. The Labute approximate surface area is 125 Å². The van der Waals surface area contributed by atoms with Gasteiger partial charge < -0.3 is 14.7 Å². The summed E-state index contributed by atoms with van der Waals surface area (Å²) in [7, 11) is 1.58. The van der Waals surface area contributed by atoms with Crippen molar-refractivity contribution in [3.8, 4) is 5.75 Å². The molecule has 5 heteroatoms. The van der Waals surface area contributed by atoms with Crippen LogP contribution < -0.4 is 4.74 Å². The first kappa shape index (κ1) is 17.0. The Kier molecular flexibility index (Phi) is 5.76. The molecule has 5 nitrogen and oxygen atoms in total. The van der Waals surface area contributed by atoms with Gasteiger partial charge >= 0.3 is 5.97 Å². The van der Waals surface area contributed by atoms with E-state index in [1.54, 1.807) is 19.2 Å². The van der Waals surface area contributed by atoms with Gasteiger partial charge in [0.25, 0.3) is 0 Å². The van der Waals surface area contributed by atoms with Gasteiger partial charge in [0.15, 0.2) is 0 Å². The number of carbonyl (C=O) groups excluding carboxylic acids is 1. The maximum Gasteiger partial charge on any atom is 0.323 e. The monoisotopic (exact) mass is 293 g/mol. The van der Waals surface area contributed by atoms with Crippen LogP contribution in [0.15, 0.2) is 24.3 Å². The molecule has 0 radical (unpaired) electrons. The van der Waals surface area contributed by atoms with E-state index in [1.165, 1.54) is 4.90 Å². The van der Waals surface area contributed by atoms with E-state index in [9.17, 15) is 9.59 Å². The van der Waals surface area contributed by atoms with E-state index in [0.29, 0.717) is 6.54 Å². The number of methoxy groups -OCH3 is 1. The largest absolute Gasteiger partial charge is 0.497 e. The first-order valence-corrected chi connectivity index (χ1v) is 6.98. The summed E-state index contributed by atoms with van der Waals surface area (Å²) in [6.07, 6.45) is 0.720. The lowest BCUT2D eigenvalue weighted by Crippen LogP contribution is -2.46. The fourth-order valence-electron chi connectivity index (χ4n) is 2.21. The molecular weight excluding hydrogens is 270 g/mol. The van der Waals surface area contributed by atoms with Crippen molar-refractivity contribution in [2.75, 3.05) is 20.2 Å². The average molecular weight is 293 g/mol. The highest BCUT2D eigenvalue weighted by atomic mass is 16.5. The Balaban J connectivity index is 3.01. The highest BCUT2D eigenvalue weighted by molar-refractivity contribution is 5.89. The van der Waals surface area contributed by atoms with Crippen LogP contribution >= 0.6 is 0 Å². The third-order valence-corrected chi connectivity index (χ3v) is 3.45. The summed E-state index contributed by atoms with van der Waals surface area (Å²) in [6.45, 7) is 5.70. The second kappa shape index (κ2) is 7.11. The molecule has 0 fully saturated rings. The summed E-state index contributed by atoms with van der Waals surface area (Å²) in [5, 5.41) is 8.95. The van der Waals surface area contributed by atoms with Gasteiger partial charge in [-0.3, -0.25) is 9.59 Å². The number of carboxylic acid groups (broad SMARTS) is 1. The van der Waals surface area contributed by atoms with Crippen molar-refractivity contribution in [3.05, 3.63) is 29.8 Å². The van der Waals surface area contributed by atoms with Gasteiger partial charge in [0.2, 0.25) is 5.91 Å². The van der Waals surface area contributed by atoms with Crippen LogP contribution in [0.3, 0.4) is 0 Å². The minimum absolute atomic E-state index is 0.183. The van der Waals surface area contributed by atoms with Gasteiger partial charge in [-0.15, -0.1) is 0 Å². The van der Waals surface area contributed by atoms with Crippen LogP contribution in [0.25, 0.3) is 0 Å². The molecule has 0 saturated heterocycles. The zero-order valence-electron chi connectivity index (χ0n) is 13.0. The molecule has 0 saturated carbocycles. The molecule has 1 aromatic rings. The molecule has 0 heterocycles. The molecule has 0 aromatic heterocycles. The van der Waals surface area contributed by atoms with Gasteiger partial charge in [-0.2, -0.15) is 0 Å². The Morgan fingerprint density at radius 2 is 1.81 bits per heavy atom. The second-order valence-corrected chi connectivity index (χ2v) is 5.47. The van der Waals surface area contributed by atoms with Crippen molar-refractivity contribution in [2.24, 2.45) is 0 Å². The van der Waals surface area contributed by atoms with Crippen molar-refractivity contribution in [2.45, 2.75) is 32.6 Å². The van der Waals surface area contributed by atoms with E-state index in [4.69, 9.17) is 9.84 Å². The summed E-state index contributed by atoms with van der Waals surface area (Å²) in [6, 6.07) is 7.26. The van der Waals surface area contributed by atoms with Crippen LogP contribution in [-0.2, 0) is 15.0 Å². The maximum atomic E-state index is 12.7. The van der Waals surface area contributed by atoms with Gasteiger partial charge in [-0.25, -0.2) is 0 Å². The summed E-state index contributed by atoms with van der Waals surface area (Å²) < 4.78 is 5.11. The first-order valence-electron chi connectivity index (χ1n) is 6.98. The Hall–Kier alpha value is -2.04. The predicted octanol–water partition coefficient (Wildman–Crippen LogP) is 2.30. The molecule has 1 N–H and O–H groups in total. The van der Waals surface area contributed by atoms with E-state index in [-0.39, 0.29) is 12.5 Å². The topological polar surface area (TPSA) is 66.8 Å². The summed E-state index contributed by atoms with van der Waals surface area (Å²) >= 11 is 0. The smallest absolute Gasteiger partial charge is 0.323 e. The number of aliphatic carboxylic acids is 1. The average Bonchev–Trinajstić information content (AvgIpc) is 2.45. The fraction of sp³-hybridized carbons (Fsp3) is 0.500. The SMILES string of the molecule is CCCN(CC(=O)O)C(=O)C(C)(C)c1ccc(OC)cc1. The van der Waals surface area contributed by atoms with Crippen LogP contribution in [0.1, 0.15) is 32.8 Å².